The van der Waals surface area contributed by atoms with Gasteiger partial charge in [-0.25, -0.2) is 12.8 Å². The molecule has 6 nitrogen and oxygen atoms in total. The monoisotopic (exact) mass is 394 g/mol. The van der Waals surface area contributed by atoms with Crippen molar-refractivity contribution in [1.82, 2.24) is 4.31 Å². The van der Waals surface area contributed by atoms with Crippen molar-refractivity contribution in [3.63, 3.8) is 0 Å². The van der Waals surface area contributed by atoms with Gasteiger partial charge in [-0.05, 0) is 42.8 Å². The zero-order valence-corrected chi connectivity index (χ0v) is 16.4. The van der Waals surface area contributed by atoms with Crippen LogP contribution in [0.5, 0.6) is 11.5 Å². The molecular formula is C19H23FN2O4S. The molecule has 1 saturated heterocycles. The van der Waals surface area contributed by atoms with Crippen LogP contribution < -0.4 is 14.4 Å². The largest absolute Gasteiger partial charge is 0.497 e. The number of rotatable bonds is 5. The Bertz CT molecular complexity index is 925. The summed E-state index contributed by atoms with van der Waals surface area (Å²) in [6.45, 7) is 3.26. The third kappa shape index (κ3) is 3.86. The number of aryl methyl sites for hydroxylation is 1. The van der Waals surface area contributed by atoms with E-state index in [-0.39, 0.29) is 4.90 Å². The molecule has 2 aromatic rings. The van der Waals surface area contributed by atoms with Crippen molar-refractivity contribution in [2.45, 2.75) is 11.8 Å². The van der Waals surface area contributed by atoms with E-state index in [1.807, 2.05) is 18.2 Å². The predicted octanol–water partition coefficient (Wildman–Crippen LogP) is 2.66. The molecule has 1 heterocycles. The molecule has 0 atom stereocenters. The summed E-state index contributed by atoms with van der Waals surface area (Å²) >= 11 is 0. The molecule has 8 heteroatoms. The standard InChI is InChI=1S/C19H23FN2O4S/c1-14-12-16(5-6-17(14)20)27(23,24)22-10-8-21(9-11-22)18-13-15(25-2)4-7-19(18)26-3/h4-7,12-13H,8-11H2,1-3H3. The van der Waals surface area contributed by atoms with E-state index in [2.05, 4.69) is 4.90 Å². The summed E-state index contributed by atoms with van der Waals surface area (Å²) < 4.78 is 51.3. The second-order valence-corrected chi connectivity index (χ2v) is 8.28. The second kappa shape index (κ2) is 7.74. The van der Waals surface area contributed by atoms with Crippen LogP contribution in [0.15, 0.2) is 41.3 Å². The first-order chi connectivity index (χ1) is 12.9. The fourth-order valence-electron chi connectivity index (χ4n) is 3.14. The molecule has 1 aliphatic rings. The van der Waals surface area contributed by atoms with Gasteiger partial charge in [0.1, 0.15) is 17.3 Å². The van der Waals surface area contributed by atoms with Gasteiger partial charge in [-0.2, -0.15) is 4.31 Å². The quantitative estimate of drug-likeness (QED) is 0.780. The summed E-state index contributed by atoms with van der Waals surface area (Å²) in [5.74, 6) is 1.01. The van der Waals surface area contributed by atoms with Gasteiger partial charge in [0.2, 0.25) is 10.0 Å². The Morgan fingerprint density at radius 1 is 0.963 bits per heavy atom. The maximum atomic E-state index is 13.5. The third-order valence-electron chi connectivity index (χ3n) is 4.73. The van der Waals surface area contributed by atoms with Crippen molar-refractivity contribution in [3.05, 3.63) is 47.8 Å². The van der Waals surface area contributed by atoms with Gasteiger partial charge in [0.05, 0.1) is 24.8 Å². The van der Waals surface area contributed by atoms with Gasteiger partial charge in [-0.3, -0.25) is 0 Å². The molecular weight excluding hydrogens is 371 g/mol. The van der Waals surface area contributed by atoms with Crippen LogP contribution in [0.2, 0.25) is 0 Å². The molecule has 1 aliphatic heterocycles. The fraction of sp³-hybridized carbons (Fsp3) is 0.368. The number of hydrogen-bond donors (Lipinski definition) is 0. The van der Waals surface area contributed by atoms with Crippen LogP contribution in [0.3, 0.4) is 0 Å². The highest BCUT2D eigenvalue weighted by Gasteiger charge is 2.29. The maximum Gasteiger partial charge on any atom is 0.243 e. The van der Waals surface area contributed by atoms with Gasteiger partial charge < -0.3 is 14.4 Å². The highest BCUT2D eigenvalue weighted by atomic mass is 32.2. The Hall–Kier alpha value is -2.32. The molecule has 0 bridgehead atoms. The average molecular weight is 394 g/mol. The first-order valence-electron chi connectivity index (χ1n) is 8.60. The Balaban J connectivity index is 1.78. The normalized spacial score (nSPS) is 15.6. The predicted molar refractivity (Wildman–Crippen MR) is 102 cm³/mol. The molecule has 0 unspecified atom stereocenters. The second-order valence-electron chi connectivity index (χ2n) is 6.34. The number of sulfonamides is 1. The average Bonchev–Trinajstić information content (AvgIpc) is 2.69. The lowest BCUT2D eigenvalue weighted by atomic mass is 10.2. The van der Waals surface area contributed by atoms with Crippen LogP contribution in [0, 0.1) is 12.7 Å². The highest BCUT2D eigenvalue weighted by Crippen LogP contribution is 2.33. The number of halogens is 1. The van der Waals surface area contributed by atoms with E-state index in [0.717, 1.165) is 5.69 Å². The minimum atomic E-state index is -3.65. The van der Waals surface area contributed by atoms with Crippen molar-refractivity contribution in [1.29, 1.82) is 0 Å². The van der Waals surface area contributed by atoms with Crippen molar-refractivity contribution >= 4 is 15.7 Å². The lowest BCUT2D eigenvalue weighted by molar-refractivity contribution is 0.376. The van der Waals surface area contributed by atoms with Crippen LogP contribution in [0.4, 0.5) is 10.1 Å². The zero-order valence-electron chi connectivity index (χ0n) is 15.6. The van der Waals surface area contributed by atoms with Crippen molar-refractivity contribution in [2.75, 3.05) is 45.3 Å². The van der Waals surface area contributed by atoms with E-state index in [4.69, 9.17) is 9.47 Å². The lowest BCUT2D eigenvalue weighted by Crippen LogP contribution is -2.48. The molecule has 3 rings (SSSR count). The number of nitrogens with zero attached hydrogens (tertiary/aromatic N) is 2. The first-order valence-corrected chi connectivity index (χ1v) is 10.0. The zero-order chi connectivity index (χ0) is 19.6. The minimum absolute atomic E-state index is 0.119. The van der Waals surface area contributed by atoms with Crippen LogP contribution in [-0.2, 0) is 10.0 Å². The van der Waals surface area contributed by atoms with Gasteiger partial charge in [0.15, 0.2) is 0 Å². The molecule has 1 fully saturated rings. The molecule has 27 heavy (non-hydrogen) atoms. The summed E-state index contributed by atoms with van der Waals surface area (Å²) in [7, 11) is -0.453. The molecule has 0 aromatic heterocycles. The number of anilines is 1. The number of piperazine rings is 1. The van der Waals surface area contributed by atoms with Crippen LogP contribution in [0.25, 0.3) is 0 Å². The molecule has 146 valence electrons. The number of benzene rings is 2. The maximum absolute atomic E-state index is 13.5. The first kappa shape index (κ1) is 19.4. The lowest BCUT2D eigenvalue weighted by Gasteiger charge is -2.36. The Kier molecular flexibility index (Phi) is 5.57. The SMILES string of the molecule is COc1ccc(OC)c(N2CCN(S(=O)(=O)c3ccc(F)c(C)c3)CC2)c1. The number of methoxy groups -OCH3 is 2. The number of ether oxygens (including phenoxy) is 2. The Labute approximate surface area is 159 Å². The van der Waals surface area contributed by atoms with Gasteiger partial charge in [-0.1, -0.05) is 0 Å². The van der Waals surface area contributed by atoms with E-state index in [1.165, 1.54) is 22.5 Å². The van der Waals surface area contributed by atoms with Crippen LogP contribution in [-0.4, -0.2) is 53.1 Å². The minimum Gasteiger partial charge on any atom is -0.497 e. The highest BCUT2D eigenvalue weighted by molar-refractivity contribution is 7.89. The van der Waals surface area contributed by atoms with E-state index in [9.17, 15) is 12.8 Å². The summed E-state index contributed by atoms with van der Waals surface area (Å²) in [5.41, 5.74) is 1.18. The van der Waals surface area contributed by atoms with Crippen LogP contribution >= 0.6 is 0 Å². The molecule has 0 radical (unpaired) electrons. The summed E-state index contributed by atoms with van der Waals surface area (Å²) in [5, 5.41) is 0. The number of hydrogen-bond acceptors (Lipinski definition) is 5. The summed E-state index contributed by atoms with van der Waals surface area (Å²) in [6, 6.07) is 9.42. The molecule has 0 N–H and O–H groups in total. The molecule has 0 spiro atoms. The smallest absolute Gasteiger partial charge is 0.243 e. The van der Waals surface area contributed by atoms with E-state index in [0.29, 0.717) is 43.2 Å². The Morgan fingerprint density at radius 3 is 2.26 bits per heavy atom. The van der Waals surface area contributed by atoms with Gasteiger partial charge in [-0.15, -0.1) is 0 Å². The topological polar surface area (TPSA) is 59.1 Å². The molecule has 0 saturated carbocycles. The fourth-order valence-corrected chi connectivity index (χ4v) is 4.65. The summed E-state index contributed by atoms with van der Waals surface area (Å²) in [4.78, 5) is 2.19. The van der Waals surface area contributed by atoms with Gasteiger partial charge in [0.25, 0.3) is 0 Å². The Morgan fingerprint density at radius 2 is 1.67 bits per heavy atom. The van der Waals surface area contributed by atoms with Crippen molar-refractivity contribution < 1.29 is 22.3 Å². The molecule has 2 aromatic carbocycles. The van der Waals surface area contributed by atoms with Crippen LogP contribution in [0.1, 0.15) is 5.56 Å². The van der Waals surface area contributed by atoms with E-state index in [1.54, 1.807) is 21.1 Å². The molecule has 0 amide bonds. The van der Waals surface area contributed by atoms with Crippen molar-refractivity contribution in [2.24, 2.45) is 0 Å². The van der Waals surface area contributed by atoms with Crippen molar-refractivity contribution in [3.8, 4) is 11.5 Å². The van der Waals surface area contributed by atoms with E-state index >= 15 is 0 Å². The van der Waals surface area contributed by atoms with Gasteiger partial charge >= 0.3 is 0 Å². The summed E-state index contributed by atoms with van der Waals surface area (Å²) in [6.07, 6.45) is 0. The molecule has 0 aliphatic carbocycles. The van der Waals surface area contributed by atoms with E-state index < -0.39 is 15.8 Å². The van der Waals surface area contributed by atoms with Gasteiger partial charge in [0, 0.05) is 32.2 Å². The third-order valence-corrected chi connectivity index (χ3v) is 6.63.